The van der Waals surface area contributed by atoms with Crippen molar-refractivity contribution < 1.29 is 18.7 Å². The van der Waals surface area contributed by atoms with E-state index in [1.807, 2.05) is 19.6 Å². The number of aliphatic imine (C=N–C) groups is 2. The third-order valence-electron chi connectivity index (χ3n) is 11.7. The second-order valence-corrected chi connectivity index (χ2v) is 15.8. The van der Waals surface area contributed by atoms with Crippen molar-refractivity contribution in [1.29, 1.82) is 10.8 Å². The number of nitrogens with zero attached hydrogens (tertiary/aromatic N) is 8. The van der Waals surface area contributed by atoms with Gasteiger partial charge in [-0.15, -0.1) is 0 Å². The molecule has 16 nitrogen and oxygen atoms in total. The van der Waals surface area contributed by atoms with Gasteiger partial charge in [-0.3, -0.25) is 20.0 Å². The van der Waals surface area contributed by atoms with Crippen LogP contribution < -0.4 is 32.1 Å². The standard InChI is InChI=1S/C41H48F2N12O4/c42-30-19-27-32(54(25-3-4-25)9-7-36(27)56)21-34(30)50-10-14-52(15-11-50)37(45)18-24(44)2-1-8-48-40(46)49-41(47)53-16-12-51(13-17-53)35-22-33-28(20-31(35)43)38(57)29(39(58)59)23-55(33)26-5-6-26/h7,9,19-23,25-26,44-45H,1-6,8,10-18H2,(H,58,59)(H4,46,47,48,49). The first-order valence-electron chi connectivity index (χ1n) is 20.1. The molecular formula is C41H48F2N12O4. The number of aromatic carboxylic acids is 1. The molecule has 0 radical (unpaired) electrons. The molecule has 2 saturated carbocycles. The molecule has 0 unspecified atom stereocenters. The van der Waals surface area contributed by atoms with Crippen LogP contribution in [-0.4, -0.2) is 112 Å². The minimum Gasteiger partial charge on any atom is -0.477 e. The summed E-state index contributed by atoms with van der Waals surface area (Å²) >= 11 is 0. The summed E-state index contributed by atoms with van der Waals surface area (Å²) in [5.41, 5.74) is 13.5. The molecule has 0 spiro atoms. The van der Waals surface area contributed by atoms with Crippen molar-refractivity contribution in [2.45, 2.75) is 57.0 Å². The summed E-state index contributed by atoms with van der Waals surface area (Å²) in [6.07, 6.45) is 8.12. The van der Waals surface area contributed by atoms with Gasteiger partial charge in [-0.2, -0.15) is 4.99 Å². The van der Waals surface area contributed by atoms with E-state index in [0.29, 0.717) is 112 Å². The number of guanidine groups is 2. The molecule has 4 fully saturated rings. The third kappa shape index (κ3) is 8.33. The first-order valence-corrected chi connectivity index (χ1v) is 20.1. The SMILES string of the molecule is N=C(CCCN=C(N)N=C(N)N1CCN(c2cc3c(cc2F)c(=O)c(C(=O)O)cn3C2CC2)CC1)CC(=N)N1CCN(c2cc3c(cc2F)c(=O)ccn3C2CC2)CC1. The Balaban J connectivity index is 0.787. The predicted octanol–water partition coefficient (Wildman–Crippen LogP) is 3.70. The number of hydrogen-bond donors (Lipinski definition) is 5. The van der Waals surface area contributed by atoms with E-state index in [0.717, 1.165) is 37.3 Å². The number of benzene rings is 2. The van der Waals surface area contributed by atoms with Gasteiger partial charge in [0.25, 0.3) is 0 Å². The first kappa shape index (κ1) is 39.5. The van der Waals surface area contributed by atoms with Crippen molar-refractivity contribution >= 4 is 62.6 Å². The molecule has 8 rings (SSSR count). The number of carbonyl (C=O) groups is 1. The van der Waals surface area contributed by atoms with Crippen molar-refractivity contribution in [3.8, 4) is 0 Å². The number of anilines is 2. The fourth-order valence-electron chi connectivity index (χ4n) is 8.11. The van der Waals surface area contributed by atoms with E-state index in [1.54, 1.807) is 22.9 Å². The largest absolute Gasteiger partial charge is 0.477 e. The Morgan fingerprint density at radius 2 is 1.36 bits per heavy atom. The van der Waals surface area contributed by atoms with Gasteiger partial charge >= 0.3 is 5.97 Å². The van der Waals surface area contributed by atoms with Gasteiger partial charge in [0.05, 0.1) is 22.4 Å². The number of amidine groups is 1. The molecule has 18 heteroatoms. The smallest absolute Gasteiger partial charge is 0.341 e. The molecule has 2 aliphatic heterocycles. The quantitative estimate of drug-likeness (QED) is 0.0841. The van der Waals surface area contributed by atoms with Gasteiger partial charge in [0.2, 0.25) is 11.4 Å². The topological polar surface area (TPSA) is 219 Å². The number of pyridine rings is 2. The fraction of sp³-hybridized carbons (Fsp3) is 0.439. The lowest BCUT2D eigenvalue weighted by molar-refractivity contribution is 0.0694. The summed E-state index contributed by atoms with van der Waals surface area (Å²) in [5, 5.41) is 27.1. The highest BCUT2D eigenvalue weighted by Crippen LogP contribution is 2.39. The van der Waals surface area contributed by atoms with Gasteiger partial charge in [-0.1, -0.05) is 0 Å². The molecule has 2 aromatic heterocycles. The van der Waals surface area contributed by atoms with Crippen molar-refractivity contribution in [2.75, 3.05) is 68.7 Å². The molecule has 59 heavy (non-hydrogen) atoms. The third-order valence-corrected chi connectivity index (χ3v) is 11.7. The van der Waals surface area contributed by atoms with E-state index in [1.165, 1.54) is 18.3 Å². The Morgan fingerprint density at radius 3 is 1.95 bits per heavy atom. The number of fused-ring (bicyclic) bond motifs is 2. The molecule has 2 aromatic carbocycles. The highest BCUT2D eigenvalue weighted by molar-refractivity contribution is 6.01. The monoisotopic (exact) mass is 810 g/mol. The minimum absolute atomic E-state index is 0.0000929. The number of nitrogens with one attached hydrogen (secondary N) is 2. The summed E-state index contributed by atoms with van der Waals surface area (Å²) in [5.74, 6) is -1.85. The zero-order valence-electron chi connectivity index (χ0n) is 32.7. The molecule has 7 N–H and O–H groups in total. The second kappa shape index (κ2) is 16.1. The molecule has 4 aromatic rings. The van der Waals surface area contributed by atoms with Gasteiger partial charge in [0, 0.05) is 112 Å². The van der Waals surface area contributed by atoms with Crippen molar-refractivity contribution in [3.63, 3.8) is 0 Å². The zero-order chi connectivity index (χ0) is 41.5. The Bertz CT molecular complexity index is 2530. The van der Waals surface area contributed by atoms with Crippen LogP contribution in [0.2, 0.25) is 0 Å². The average molecular weight is 811 g/mol. The Kier molecular flexibility index (Phi) is 10.8. The van der Waals surface area contributed by atoms with Crippen LogP contribution >= 0.6 is 0 Å². The molecule has 4 heterocycles. The van der Waals surface area contributed by atoms with Gasteiger partial charge in [-0.05, 0) is 62.8 Å². The molecule has 4 aliphatic rings. The number of halogens is 2. The average Bonchev–Trinajstić information content (AvgIpc) is 4.16. The first-order chi connectivity index (χ1) is 28.4. The summed E-state index contributed by atoms with van der Waals surface area (Å²) in [6.45, 7) is 4.06. The van der Waals surface area contributed by atoms with Crippen molar-refractivity contribution in [2.24, 2.45) is 21.5 Å². The molecule has 2 aliphatic carbocycles. The molecule has 2 saturated heterocycles. The molecule has 0 amide bonds. The minimum atomic E-state index is -1.34. The van der Waals surface area contributed by atoms with E-state index in [4.69, 9.17) is 22.3 Å². The van der Waals surface area contributed by atoms with E-state index in [2.05, 4.69) is 14.6 Å². The van der Waals surface area contributed by atoms with E-state index < -0.39 is 23.0 Å². The van der Waals surface area contributed by atoms with Crippen LogP contribution in [0.1, 0.15) is 67.4 Å². The van der Waals surface area contributed by atoms with Crippen LogP contribution in [-0.2, 0) is 0 Å². The van der Waals surface area contributed by atoms with Crippen LogP contribution in [0.4, 0.5) is 20.2 Å². The van der Waals surface area contributed by atoms with E-state index in [-0.39, 0.29) is 40.8 Å². The zero-order valence-corrected chi connectivity index (χ0v) is 32.7. The summed E-state index contributed by atoms with van der Waals surface area (Å²) in [4.78, 5) is 53.1. The van der Waals surface area contributed by atoms with Gasteiger partial charge in [0.1, 0.15) is 23.0 Å². The number of rotatable bonds is 11. The Hall–Kier alpha value is -6.33. The molecule has 0 bridgehead atoms. The fourth-order valence-corrected chi connectivity index (χ4v) is 8.11. The van der Waals surface area contributed by atoms with Crippen LogP contribution in [0.5, 0.6) is 0 Å². The van der Waals surface area contributed by atoms with Crippen LogP contribution in [0.15, 0.2) is 62.3 Å². The summed E-state index contributed by atoms with van der Waals surface area (Å²) < 4.78 is 34.5. The number of nitrogens with two attached hydrogens (primary N) is 2. The van der Waals surface area contributed by atoms with Crippen molar-refractivity contribution in [1.82, 2.24) is 18.9 Å². The lowest BCUT2D eigenvalue weighted by atomic mass is 10.1. The maximum Gasteiger partial charge on any atom is 0.341 e. The lowest BCUT2D eigenvalue weighted by Gasteiger charge is -2.37. The second-order valence-electron chi connectivity index (χ2n) is 15.8. The summed E-state index contributed by atoms with van der Waals surface area (Å²) in [6, 6.07) is 7.82. The van der Waals surface area contributed by atoms with Crippen LogP contribution in [0.3, 0.4) is 0 Å². The number of carboxylic acids is 1. The van der Waals surface area contributed by atoms with E-state index >= 15 is 8.78 Å². The number of carboxylic acid groups (broad SMARTS) is 1. The normalized spacial score (nSPS) is 17.9. The Morgan fingerprint density at radius 1 is 0.797 bits per heavy atom. The van der Waals surface area contributed by atoms with Gasteiger partial charge in [0.15, 0.2) is 11.4 Å². The van der Waals surface area contributed by atoms with Gasteiger partial charge in [-0.25, -0.2) is 13.6 Å². The maximum absolute atomic E-state index is 15.4. The van der Waals surface area contributed by atoms with Crippen LogP contribution in [0.25, 0.3) is 21.8 Å². The van der Waals surface area contributed by atoms with E-state index in [9.17, 15) is 19.5 Å². The molecular weight excluding hydrogens is 763 g/mol. The summed E-state index contributed by atoms with van der Waals surface area (Å²) in [7, 11) is 0. The predicted molar refractivity (Wildman–Crippen MR) is 225 cm³/mol. The lowest BCUT2D eigenvalue weighted by Crippen LogP contribution is -2.51. The Labute approximate surface area is 338 Å². The highest BCUT2D eigenvalue weighted by Gasteiger charge is 2.30. The molecule has 0 atom stereocenters. The molecule has 310 valence electrons. The number of aromatic nitrogens is 2. The maximum atomic E-state index is 15.4. The van der Waals surface area contributed by atoms with Crippen molar-refractivity contribution in [3.05, 3.63) is 80.4 Å². The van der Waals surface area contributed by atoms with Gasteiger partial charge < -0.3 is 50.7 Å². The van der Waals surface area contributed by atoms with Crippen LogP contribution in [0, 0.1) is 22.5 Å². The number of hydrogen-bond acceptors (Lipinski definition) is 8. The number of piperazine rings is 2. The highest BCUT2D eigenvalue weighted by atomic mass is 19.1.